The van der Waals surface area contributed by atoms with Crippen LogP contribution in [0.3, 0.4) is 0 Å². The maximum absolute atomic E-state index is 10.1. The molecule has 4 heavy (non-hydrogen) atoms. The summed E-state index contributed by atoms with van der Waals surface area (Å²) >= 11 is 0. The largest absolute Gasteiger partial charge is 1.00 e. The molecule has 0 aromatic heterocycles. The Balaban J connectivity index is 0. The Kier molecular flexibility index (Phi) is 1.23. The predicted molar refractivity (Wildman–Crippen MR) is 12.4 cm³/mol. The molecule has 0 unspecified atom stereocenters. The third-order valence-corrected chi connectivity index (χ3v) is 0. The van der Waals surface area contributed by atoms with E-state index in [1.165, 1.54) is 0 Å². The van der Waals surface area contributed by atoms with E-state index < -0.39 is 7.40 Å². The Morgan fingerprint density at radius 2 is 1.75 bits per heavy atom. The van der Waals surface area contributed by atoms with Gasteiger partial charge in [-0.3, -0.25) is 4.32 Å². The molecule has 0 aromatic rings. The maximum atomic E-state index is 10.1. The predicted octanol–water partition coefficient (Wildman–Crippen LogP) is -0.962. The Labute approximate surface area is 24.6 Å². The molecule has 0 bridgehead atoms. The van der Waals surface area contributed by atoms with Crippen LogP contribution in [-0.4, -0.2) is 17.4 Å². The fourth-order valence-corrected chi connectivity index (χ4v) is 0. The van der Waals surface area contributed by atoms with E-state index in [9.17, 15) is 4.32 Å². The van der Waals surface area contributed by atoms with E-state index in [0.29, 0.717) is 0 Å². The van der Waals surface area contributed by atoms with E-state index in [1.807, 2.05) is 0 Å². The lowest BCUT2D eigenvalue weighted by Crippen LogP contribution is -1.98. The second kappa shape index (κ2) is 1.26. The molecule has 0 saturated carbocycles. The zero-order valence-electron chi connectivity index (χ0n) is 2.85. The average molecular weight is 64.8 g/mol. The normalized spacial score (nSPS) is 6.75. The smallest absolute Gasteiger partial charge is 0.398 e. The van der Waals surface area contributed by atoms with Gasteiger partial charge in [0.2, 0.25) is 0 Å². The fraction of sp³-hybridized carbons (Fsp3) is 0. The minimum atomic E-state index is -2.67. The van der Waals surface area contributed by atoms with Crippen molar-refractivity contribution in [1.82, 2.24) is 0 Å². The lowest BCUT2D eigenvalue weighted by Gasteiger charge is -1.65. The van der Waals surface area contributed by atoms with Gasteiger partial charge in [0, 0.05) is 0 Å². The molecule has 4 heteroatoms. The van der Waals surface area contributed by atoms with Gasteiger partial charge in [-0.2, -0.15) is 0 Å². The Bertz CT molecular complexity index is 14.4. The summed E-state index contributed by atoms with van der Waals surface area (Å²) in [6.45, 7) is 0. The minimum absolute atomic E-state index is 0. The first kappa shape index (κ1) is 3.91. The van der Waals surface area contributed by atoms with Crippen LogP contribution in [0.1, 0.15) is 1.43 Å². The highest BCUT2D eigenvalue weighted by atomic mass is 19.1. The van der Waals surface area contributed by atoms with Gasteiger partial charge in [0.25, 0.3) is 0 Å². The van der Waals surface area contributed by atoms with Crippen LogP contribution >= 0.6 is 0 Å². The third-order valence-electron chi connectivity index (χ3n) is 0. The van der Waals surface area contributed by atoms with Crippen molar-refractivity contribution < 1.29 is 15.8 Å². The fourth-order valence-electron chi connectivity index (χ4n) is 0. The molecule has 0 amide bonds. The third kappa shape index (κ3) is 222. The second-order valence-electron chi connectivity index (χ2n) is 0.311. The summed E-state index contributed by atoms with van der Waals surface area (Å²) in [4.78, 5) is 0. The van der Waals surface area contributed by atoms with Crippen LogP contribution in [0.25, 0.3) is 0 Å². The monoisotopic (exact) mass is 65.0 g/mol. The number of hydrogen-bond donors (Lipinski definition) is 2. The molecule has 0 aliphatic carbocycles. The van der Waals surface area contributed by atoms with Gasteiger partial charge in [-0.1, -0.05) is 0 Å². The number of rotatable bonds is 0. The Morgan fingerprint density at radius 3 is 1.75 bits per heavy atom. The summed E-state index contributed by atoms with van der Waals surface area (Å²) in [5.41, 5.74) is 0. The van der Waals surface area contributed by atoms with Crippen molar-refractivity contribution >= 4 is 7.40 Å². The van der Waals surface area contributed by atoms with Crippen molar-refractivity contribution in [3.05, 3.63) is 0 Å². The van der Waals surface area contributed by atoms with E-state index in [0.717, 1.165) is 0 Å². The zero-order chi connectivity index (χ0) is 3.58. The van der Waals surface area contributed by atoms with Crippen LogP contribution in [0, 0.1) is 0 Å². The molecule has 0 fully saturated rings. The highest BCUT2D eigenvalue weighted by Gasteiger charge is 1.97. The van der Waals surface area contributed by atoms with Gasteiger partial charge in [0.1, 0.15) is 0 Å². The highest BCUT2D eigenvalue weighted by Crippen LogP contribution is 1.57. The van der Waals surface area contributed by atoms with Crippen LogP contribution in [0.5, 0.6) is 0 Å². The molecule has 2 nitrogen and oxygen atoms in total. The van der Waals surface area contributed by atoms with Gasteiger partial charge in [-0.25, -0.2) is 0 Å². The first-order valence-corrected chi connectivity index (χ1v) is 0.735. The molecule has 2 N–H and O–H groups in total. The van der Waals surface area contributed by atoms with Gasteiger partial charge in [0.05, 0.1) is 0 Å². The van der Waals surface area contributed by atoms with Crippen molar-refractivity contribution in [2.75, 3.05) is 0 Å². The first-order valence-electron chi connectivity index (χ1n) is 0.735. The highest BCUT2D eigenvalue weighted by molar-refractivity contribution is 6.31. The summed E-state index contributed by atoms with van der Waals surface area (Å²) in [6, 6.07) is 0. The second-order valence-corrected chi connectivity index (χ2v) is 0.311. The molecule has 0 rings (SSSR count). The summed E-state index contributed by atoms with van der Waals surface area (Å²) < 4.78 is 10.1. The molecule has 0 aromatic carbocycles. The van der Waals surface area contributed by atoms with Crippen molar-refractivity contribution in [3.8, 4) is 0 Å². The van der Waals surface area contributed by atoms with Gasteiger partial charge >= 0.3 is 8.82 Å². The first-order chi connectivity index (χ1) is 1.73. The topological polar surface area (TPSA) is 40.5 Å². The van der Waals surface area contributed by atoms with Crippen LogP contribution < -0.4 is 0 Å². The SMILES string of the molecule is OB(O)F.[H+]. The molecule has 0 spiro atoms. The molecule has 0 radical (unpaired) electrons. The zero-order valence-corrected chi connectivity index (χ0v) is 1.85. The van der Waals surface area contributed by atoms with E-state index in [4.69, 9.17) is 10.0 Å². The lowest BCUT2D eigenvalue weighted by molar-refractivity contribution is 0.340. The quantitative estimate of drug-likeness (QED) is 0.357. The molecule has 0 heterocycles. The average Bonchev–Trinajstić information content (AvgIpc) is 0.811. The van der Waals surface area contributed by atoms with E-state index in [-0.39, 0.29) is 1.43 Å². The van der Waals surface area contributed by atoms with E-state index >= 15 is 0 Å². The van der Waals surface area contributed by atoms with Crippen LogP contribution in [0.4, 0.5) is 4.32 Å². The molecule has 0 aliphatic rings. The summed E-state index contributed by atoms with van der Waals surface area (Å²) in [6.07, 6.45) is 0. The van der Waals surface area contributed by atoms with Crippen LogP contribution in [0.2, 0.25) is 0 Å². The molecule has 0 atom stereocenters. The number of halogens is 1. The van der Waals surface area contributed by atoms with Crippen molar-refractivity contribution in [3.63, 3.8) is 0 Å². The van der Waals surface area contributed by atoms with Gasteiger partial charge in [-0.15, -0.1) is 0 Å². The van der Waals surface area contributed by atoms with Gasteiger partial charge in [-0.05, 0) is 0 Å². The summed E-state index contributed by atoms with van der Waals surface area (Å²) in [5.74, 6) is 0. The molecule has 24 valence electrons. The van der Waals surface area contributed by atoms with Crippen molar-refractivity contribution in [1.29, 1.82) is 0 Å². The van der Waals surface area contributed by atoms with Crippen LogP contribution in [0.15, 0.2) is 0 Å². The molecular formula is H3BFO2+. The van der Waals surface area contributed by atoms with Gasteiger partial charge < -0.3 is 10.0 Å². The lowest BCUT2D eigenvalue weighted by atomic mass is 10.3. The summed E-state index contributed by atoms with van der Waals surface area (Å²) in [7, 11) is -2.67. The Hall–Kier alpha value is -0.0851. The standard InChI is InChI=1S/BFH2O2/c2-1(3)4/h3-4H/p+1. The van der Waals surface area contributed by atoms with Crippen molar-refractivity contribution in [2.24, 2.45) is 0 Å². The van der Waals surface area contributed by atoms with Crippen LogP contribution in [-0.2, 0) is 0 Å². The number of hydrogen-bond acceptors (Lipinski definition) is 2. The van der Waals surface area contributed by atoms with E-state index in [1.54, 1.807) is 0 Å². The minimum Gasteiger partial charge on any atom is -0.398 e. The van der Waals surface area contributed by atoms with E-state index in [2.05, 4.69) is 0 Å². The molecular weight excluding hydrogens is 61.8 g/mol. The maximum Gasteiger partial charge on any atom is 1.00 e. The molecule has 0 aliphatic heterocycles. The van der Waals surface area contributed by atoms with Gasteiger partial charge in [0.15, 0.2) is 0 Å². The summed E-state index contributed by atoms with van der Waals surface area (Å²) in [5, 5.41) is 13.9. The van der Waals surface area contributed by atoms with Crippen molar-refractivity contribution in [2.45, 2.75) is 0 Å². The molecule has 0 saturated heterocycles. The Morgan fingerprint density at radius 1 is 1.75 bits per heavy atom.